The molecule has 0 spiro atoms. The summed E-state index contributed by atoms with van der Waals surface area (Å²) in [5.41, 5.74) is -2.62. The van der Waals surface area contributed by atoms with Gasteiger partial charge in [-0.1, -0.05) is 13.3 Å². The van der Waals surface area contributed by atoms with E-state index in [0.29, 0.717) is 6.42 Å². The first kappa shape index (κ1) is 17.4. The fourth-order valence-corrected chi connectivity index (χ4v) is 1.86. The van der Waals surface area contributed by atoms with Crippen molar-refractivity contribution >= 4 is 5.97 Å². The molecule has 0 saturated carbocycles. The van der Waals surface area contributed by atoms with E-state index in [1.54, 1.807) is 6.92 Å². The van der Waals surface area contributed by atoms with Crippen molar-refractivity contribution in [2.45, 2.75) is 38.8 Å². The van der Waals surface area contributed by atoms with Crippen LogP contribution in [0.1, 0.15) is 32.3 Å². The standard InChI is InChI=1S/C13H14F5NO2/c1-3-4-13(2,12(20)21)19-5-6-7(14)9(16)11(18)10(17)8(6)15/h19H,3-5H2,1-2H3,(H,20,21). The van der Waals surface area contributed by atoms with Crippen LogP contribution in [0.15, 0.2) is 0 Å². The zero-order valence-corrected chi connectivity index (χ0v) is 11.4. The van der Waals surface area contributed by atoms with E-state index in [2.05, 4.69) is 5.32 Å². The molecule has 0 bridgehead atoms. The first-order valence-corrected chi connectivity index (χ1v) is 6.14. The van der Waals surface area contributed by atoms with Crippen molar-refractivity contribution in [3.63, 3.8) is 0 Å². The van der Waals surface area contributed by atoms with Crippen molar-refractivity contribution < 1.29 is 31.9 Å². The maximum atomic E-state index is 13.5. The number of carboxylic acid groups (broad SMARTS) is 1. The van der Waals surface area contributed by atoms with Gasteiger partial charge < -0.3 is 5.11 Å². The van der Waals surface area contributed by atoms with Crippen LogP contribution in [0.25, 0.3) is 0 Å². The lowest BCUT2D eigenvalue weighted by molar-refractivity contribution is -0.144. The third-order valence-corrected chi connectivity index (χ3v) is 3.18. The van der Waals surface area contributed by atoms with E-state index in [9.17, 15) is 26.7 Å². The number of carboxylic acids is 1. The van der Waals surface area contributed by atoms with Gasteiger partial charge in [0.15, 0.2) is 23.3 Å². The second-order valence-electron chi connectivity index (χ2n) is 4.79. The van der Waals surface area contributed by atoms with Gasteiger partial charge in [-0.3, -0.25) is 10.1 Å². The van der Waals surface area contributed by atoms with Gasteiger partial charge in [-0.25, -0.2) is 22.0 Å². The number of aliphatic carboxylic acids is 1. The number of rotatable bonds is 6. The van der Waals surface area contributed by atoms with E-state index in [-0.39, 0.29) is 6.42 Å². The first-order chi connectivity index (χ1) is 9.65. The molecular formula is C13H14F5NO2. The number of carbonyl (C=O) groups is 1. The number of nitrogens with one attached hydrogen (secondary N) is 1. The number of hydrogen-bond acceptors (Lipinski definition) is 2. The predicted molar refractivity (Wildman–Crippen MR) is 64.0 cm³/mol. The highest BCUT2D eigenvalue weighted by atomic mass is 19.2. The highest BCUT2D eigenvalue weighted by Crippen LogP contribution is 2.24. The molecule has 3 nitrogen and oxygen atoms in total. The summed E-state index contributed by atoms with van der Waals surface area (Å²) < 4.78 is 65.8. The van der Waals surface area contributed by atoms with Crippen LogP contribution in [-0.2, 0) is 11.3 Å². The van der Waals surface area contributed by atoms with Crippen molar-refractivity contribution in [1.82, 2.24) is 5.32 Å². The molecule has 0 heterocycles. The molecule has 0 fully saturated rings. The second-order valence-corrected chi connectivity index (χ2v) is 4.79. The van der Waals surface area contributed by atoms with Crippen molar-refractivity contribution in [2.24, 2.45) is 0 Å². The molecule has 1 rings (SSSR count). The Morgan fingerprint density at radius 2 is 1.48 bits per heavy atom. The van der Waals surface area contributed by atoms with Crippen LogP contribution in [0.5, 0.6) is 0 Å². The Bertz CT molecular complexity index is 535. The molecule has 8 heteroatoms. The summed E-state index contributed by atoms with van der Waals surface area (Å²) in [5.74, 6) is -11.6. The van der Waals surface area contributed by atoms with Crippen molar-refractivity contribution in [3.05, 3.63) is 34.6 Å². The molecule has 0 aliphatic rings. The summed E-state index contributed by atoms with van der Waals surface area (Å²) in [6.45, 7) is 2.17. The highest BCUT2D eigenvalue weighted by molar-refractivity contribution is 5.78. The van der Waals surface area contributed by atoms with Gasteiger partial charge in [0.1, 0.15) is 5.54 Å². The van der Waals surface area contributed by atoms with Crippen LogP contribution in [0.3, 0.4) is 0 Å². The van der Waals surface area contributed by atoms with Gasteiger partial charge in [-0.2, -0.15) is 0 Å². The van der Waals surface area contributed by atoms with Gasteiger partial charge in [0, 0.05) is 12.1 Å². The lowest BCUT2D eigenvalue weighted by Gasteiger charge is -2.26. The molecule has 1 aromatic carbocycles. The van der Waals surface area contributed by atoms with Gasteiger partial charge in [-0.05, 0) is 13.3 Å². The van der Waals surface area contributed by atoms with E-state index in [0.717, 1.165) is 0 Å². The summed E-state index contributed by atoms with van der Waals surface area (Å²) in [6, 6.07) is 0. The Kier molecular flexibility index (Phi) is 5.27. The lowest BCUT2D eigenvalue weighted by Crippen LogP contribution is -2.49. The first-order valence-electron chi connectivity index (χ1n) is 6.14. The van der Waals surface area contributed by atoms with Crippen LogP contribution >= 0.6 is 0 Å². The molecule has 0 aliphatic heterocycles. The van der Waals surface area contributed by atoms with Crippen LogP contribution in [0.4, 0.5) is 22.0 Å². The average Bonchev–Trinajstić information content (AvgIpc) is 2.43. The summed E-state index contributed by atoms with van der Waals surface area (Å²) in [7, 11) is 0. The smallest absolute Gasteiger partial charge is 0.323 e. The summed E-state index contributed by atoms with van der Waals surface area (Å²) in [6.07, 6.45) is 0.574. The predicted octanol–water partition coefficient (Wildman–Crippen LogP) is 3.12. The molecular weight excluding hydrogens is 297 g/mol. The van der Waals surface area contributed by atoms with Gasteiger partial charge in [-0.15, -0.1) is 0 Å². The largest absolute Gasteiger partial charge is 0.480 e. The highest BCUT2D eigenvalue weighted by Gasteiger charge is 2.33. The molecule has 1 atom stereocenters. The average molecular weight is 311 g/mol. The van der Waals surface area contributed by atoms with Crippen molar-refractivity contribution in [2.75, 3.05) is 0 Å². The maximum absolute atomic E-state index is 13.5. The van der Waals surface area contributed by atoms with E-state index in [1.165, 1.54) is 6.92 Å². The SMILES string of the molecule is CCCC(C)(NCc1c(F)c(F)c(F)c(F)c1F)C(=O)O. The molecule has 21 heavy (non-hydrogen) atoms. The number of benzene rings is 1. The molecule has 0 amide bonds. The number of hydrogen-bond donors (Lipinski definition) is 2. The van der Waals surface area contributed by atoms with E-state index < -0.39 is 52.7 Å². The van der Waals surface area contributed by atoms with E-state index >= 15 is 0 Å². The van der Waals surface area contributed by atoms with Crippen LogP contribution < -0.4 is 5.32 Å². The van der Waals surface area contributed by atoms with Crippen LogP contribution in [0.2, 0.25) is 0 Å². The van der Waals surface area contributed by atoms with Gasteiger partial charge in [0.2, 0.25) is 5.82 Å². The van der Waals surface area contributed by atoms with Crippen LogP contribution in [0, 0.1) is 29.1 Å². The minimum atomic E-state index is -2.25. The Morgan fingerprint density at radius 3 is 1.86 bits per heavy atom. The third-order valence-electron chi connectivity index (χ3n) is 3.18. The Balaban J connectivity index is 3.12. The van der Waals surface area contributed by atoms with Crippen molar-refractivity contribution in [1.29, 1.82) is 0 Å². The van der Waals surface area contributed by atoms with Gasteiger partial charge >= 0.3 is 5.97 Å². The van der Waals surface area contributed by atoms with Crippen molar-refractivity contribution in [3.8, 4) is 0 Å². The van der Waals surface area contributed by atoms with E-state index in [4.69, 9.17) is 5.11 Å². The zero-order chi connectivity index (χ0) is 16.4. The molecule has 2 N–H and O–H groups in total. The quantitative estimate of drug-likeness (QED) is 0.482. The minimum absolute atomic E-state index is 0.123. The minimum Gasteiger partial charge on any atom is -0.480 e. The second kappa shape index (κ2) is 6.38. The van der Waals surface area contributed by atoms with Gasteiger partial charge in [0.25, 0.3) is 0 Å². The Hall–Kier alpha value is -1.70. The molecule has 0 radical (unpaired) electrons. The zero-order valence-electron chi connectivity index (χ0n) is 11.4. The van der Waals surface area contributed by atoms with E-state index in [1.807, 2.05) is 0 Å². The lowest BCUT2D eigenvalue weighted by atomic mass is 9.96. The summed E-state index contributed by atoms with van der Waals surface area (Å²) in [5, 5.41) is 11.4. The summed E-state index contributed by atoms with van der Waals surface area (Å²) >= 11 is 0. The van der Waals surface area contributed by atoms with Crippen LogP contribution in [-0.4, -0.2) is 16.6 Å². The molecule has 0 saturated heterocycles. The molecule has 118 valence electrons. The normalized spacial score (nSPS) is 14.0. The molecule has 0 aliphatic carbocycles. The Morgan fingerprint density at radius 1 is 1.05 bits per heavy atom. The molecule has 0 aromatic heterocycles. The summed E-state index contributed by atoms with van der Waals surface area (Å²) in [4.78, 5) is 11.1. The maximum Gasteiger partial charge on any atom is 0.323 e. The third kappa shape index (κ3) is 3.31. The van der Waals surface area contributed by atoms with Gasteiger partial charge in [0.05, 0.1) is 0 Å². The monoisotopic (exact) mass is 311 g/mol. The molecule has 1 unspecified atom stereocenters. The Labute approximate surface area is 117 Å². The topological polar surface area (TPSA) is 49.3 Å². The fraction of sp³-hybridized carbons (Fsp3) is 0.462. The number of halogens is 5. The fourth-order valence-electron chi connectivity index (χ4n) is 1.86. The molecule has 1 aromatic rings.